The van der Waals surface area contributed by atoms with Crippen molar-refractivity contribution in [2.45, 2.75) is 6.61 Å². The lowest BCUT2D eigenvalue weighted by atomic mass is 10.1. The maximum absolute atomic E-state index is 12.9. The van der Waals surface area contributed by atoms with Crippen molar-refractivity contribution in [3.05, 3.63) is 88.4 Å². The van der Waals surface area contributed by atoms with E-state index in [2.05, 4.69) is 0 Å². The van der Waals surface area contributed by atoms with Crippen LogP contribution in [0.25, 0.3) is 32.1 Å². The van der Waals surface area contributed by atoms with Crippen LogP contribution in [0.4, 0.5) is 8.78 Å². The van der Waals surface area contributed by atoms with Gasteiger partial charge in [-0.1, -0.05) is 42.5 Å². The summed E-state index contributed by atoms with van der Waals surface area (Å²) in [5, 5.41) is 1.56. The number of aromatic nitrogens is 2. The smallest absolute Gasteiger partial charge is 0.387 e. The number of rotatable bonds is 5. The third-order valence-corrected chi connectivity index (χ3v) is 6.62. The molecule has 30 heavy (non-hydrogen) atoms. The van der Waals surface area contributed by atoms with E-state index in [1.54, 1.807) is 40.9 Å². The largest absolute Gasteiger partial charge is 0.434 e. The summed E-state index contributed by atoms with van der Waals surface area (Å²) >= 11 is 3.09. The Morgan fingerprint density at radius 1 is 0.767 bits per heavy atom. The van der Waals surface area contributed by atoms with E-state index in [-0.39, 0.29) is 5.75 Å². The van der Waals surface area contributed by atoms with Gasteiger partial charge in [-0.3, -0.25) is 0 Å². The Bertz CT molecular complexity index is 1230. The molecule has 0 unspecified atom stereocenters. The average molecular weight is 437 g/mol. The maximum atomic E-state index is 12.9. The summed E-state index contributed by atoms with van der Waals surface area (Å²) in [5.74, 6) is 0.118. The van der Waals surface area contributed by atoms with Crippen LogP contribution in [0.5, 0.6) is 5.75 Å². The number of halogens is 2. The van der Waals surface area contributed by atoms with Crippen LogP contribution in [-0.4, -0.2) is 16.6 Å². The Hall–Kier alpha value is -3.16. The van der Waals surface area contributed by atoms with Crippen LogP contribution in [-0.2, 0) is 0 Å². The summed E-state index contributed by atoms with van der Waals surface area (Å²) in [5.41, 5.74) is 3.11. The molecule has 3 aromatic carbocycles. The summed E-state index contributed by atoms with van der Waals surface area (Å²) < 4.78 is 32.6. The molecule has 0 spiro atoms. The highest BCUT2D eigenvalue weighted by Crippen LogP contribution is 2.37. The zero-order valence-corrected chi connectivity index (χ0v) is 17.1. The van der Waals surface area contributed by atoms with Crippen molar-refractivity contribution in [1.82, 2.24) is 9.97 Å². The van der Waals surface area contributed by atoms with Crippen molar-refractivity contribution >= 4 is 54.8 Å². The van der Waals surface area contributed by atoms with Crippen molar-refractivity contribution < 1.29 is 13.5 Å². The van der Waals surface area contributed by atoms with Gasteiger partial charge in [-0.05, 0) is 36.4 Å². The molecular formula is C23H14F2N2OS2. The van der Waals surface area contributed by atoms with Crippen LogP contribution >= 0.6 is 22.7 Å². The number of hydrogen-bond acceptors (Lipinski definition) is 5. The first-order chi connectivity index (χ1) is 14.7. The first kappa shape index (κ1) is 18.8. The van der Waals surface area contributed by atoms with Crippen molar-refractivity contribution in [3.63, 3.8) is 0 Å². The quantitative estimate of drug-likeness (QED) is 0.295. The zero-order chi connectivity index (χ0) is 20.5. The molecular weight excluding hydrogens is 422 g/mol. The van der Waals surface area contributed by atoms with E-state index in [4.69, 9.17) is 14.7 Å². The van der Waals surface area contributed by atoms with Crippen LogP contribution in [0.3, 0.4) is 0 Å². The number of para-hydroxylation sites is 3. The normalized spacial score (nSPS) is 11.3. The molecule has 3 nitrogen and oxygen atoms in total. The van der Waals surface area contributed by atoms with Gasteiger partial charge in [0.15, 0.2) is 0 Å². The number of alkyl halides is 2. The summed E-state index contributed by atoms with van der Waals surface area (Å²) in [6, 6.07) is 22.5. The van der Waals surface area contributed by atoms with E-state index < -0.39 is 6.61 Å². The molecule has 0 bridgehead atoms. The first-order valence-corrected chi connectivity index (χ1v) is 10.8. The molecule has 148 valence electrons. The molecule has 0 saturated carbocycles. The number of benzene rings is 3. The summed E-state index contributed by atoms with van der Waals surface area (Å²) in [7, 11) is 0. The average Bonchev–Trinajstić information content (AvgIpc) is 3.36. The van der Waals surface area contributed by atoms with Gasteiger partial charge in [-0.25, -0.2) is 9.97 Å². The van der Waals surface area contributed by atoms with Gasteiger partial charge >= 0.3 is 6.61 Å². The fourth-order valence-electron chi connectivity index (χ4n) is 3.15. The number of thiazole rings is 2. The summed E-state index contributed by atoms with van der Waals surface area (Å²) in [6.07, 6.45) is 1.83. The Balaban J connectivity index is 1.71. The molecule has 0 aliphatic carbocycles. The minimum atomic E-state index is -2.90. The minimum Gasteiger partial charge on any atom is -0.434 e. The lowest BCUT2D eigenvalue weighted by molar-refractivity contribution is -0.0499. The molecule has 7 heteroatoms. The third kappa shape index (κ3) is 3.69. The third-order valence-electron chi connectivity index (χ3n) is 4.48. The highest BCUT2D eigenvalue weighted by atomic mass is 32.1. The predicted octanol–water partition coefficient (Wildman–Crippen LogP) is 7.10. The maximum Gasteiger partial charge on any atom is 0.387 e. The Kier molecular flexibility index (Phi) is 4.98. The van der Waals surface area contributed by atoms with Gasteiger partial charge < -0.3 is 4.74 Å². The molecule has 0 saturated heterocycles. The minimum absolute atomic E-state index is 0.118. The van der Waals surface area contributed by atoms with E-state index in [0.29, 0.717) is 5.56 Å². The second-order valence-corrected chi connectivity index (χ2v) is 8.51. The molecule has 5 rings (SSSR count). The van der Waals surface area contributed by atoms with Crippen LogP contribution in [0, 0.1) is 0 Å². The zero-order valence-electron chi connectivity index (χ0n) is 15.5. The lowest BCUT2D eigenvalue weighted by Gasteiger charge is -2.08. The number of hydrogen-bond donors (Lipinski definition) is 0. The van der Waals surface area contributed by atoms with E-state index in [9.17, 15) is 8.78 Å². The Labute approximate surface area is 178 Å². The van der Waals surface area contributed by atoms with E-state index in [0.717, 1.165) is 36.0 Å². The molecule has 5 aromatic rings. The van der Waals surface area contributed by atoms with Gasteiger partial charge in [0, 0.05) is 11.1 Å². The molecule has 0 aliphatic heterocycles. The van der Waals surface area contributed by atoms with Crippen molar-refractivity contribution in [1.29, 1.82) is 0 Å². The van der Waals surface area contributed by atoms with Crippen LogP contribution in [0.1, 0.15) is 15.6 Å². The van der Waals surface area contributed by atoms with Crippen LogP contribution < -0.4 is 4.74 Å². The monoisotopic (exact) mass is 436 g/mol. The van der Waals surface area contributed by atoms with Crippen molar-refractivity contribution in [2.75, 3.05) is 0 Å². The number of nitrogens with zero attached hydrogens (tertiary/aromatic N) is 2. The SMILES string of the molecule is FC(F)Oc1ccccc1C=C(c1nc2ccccc2s1)c1nc2ccccc2s1. The Morgan fingerprint density at radius 2 is 1.30 bits per heavy atom. The Morgan fingerprint density at radius 3 is 1.87 bits per heavy atom. The molecule has 2 heterocycles. The summed E-state index contributed by atoms with van der Waals surface area (Å²) in [6.45, 7) is -2.90. The van der Waals surface area contributed by atoms with Crippen LogP contribution in [0.15, 0.2) is 72.8 Å². The summed E-state index contributed by atoms with van der Waals surface area (Å²) in [4.78, 5) is 9.55. The first-order valence-electron chi connectivity index (χ1n) is 9.15. The van der Waals surface area contributed by atoms with Gasteiger partial charge in [-0.2, -0.15) is 8.78 Å². The molecule has 0 N–H and O–H groups in total. The van der Waals surface area contributed by atoms with Crippen molar-refractivity contribution in [3.8, 4) is 5.75 Å². The molecule has 2 aromatic heterocycles. The highest BCUT2D eigenvalue weighted by Gasteiger charge is 2.17. The molecule has 0 atom stereocenters. The number of ether oxygens (including phenoxy) is 1. The van der Waals surface area contributed by atoms with Crippen molar-refractivity contribution in [2.24, 2.45) is 0 Å². The van der Waals surface area contributed by atoms with Gasteiger partial charge in [0.2, 0.25) is 0 Å². The van der Waals surface area contributed by atoms with Gasteiger partial charge in [0.05, 0.1) is 20.4 Å². The standard InChI is InChI=1S/C23H14F2N2OS2/c24-23(25)28-18-10-4-1-7-14(18)13-15(21-26-16-8-2-5-11-19(16)29-21)22-27-17-9-3-6-12-20(17)30-22/h1-13,23H. The number of fused-ring (bicyclic) bond motifs is 2. The van der Waals surface area contributed by atoms with Crippen LogP contribution in [0.2, 0.25) is 0 Å². The fraction of sp³-hybridized carbons (Fsp3) is 0.0435. The topological polar surface area (TPSA) is 35.0 Å². The predicted molar refractivity (Wildman–Crippen MR) is 119 cm³/mol. The molecule has 0 aliphatic rings. The molecule has 0 amide bonds. The van der Waals surface area contributed by atoms with Gasteiger partial charge in [-0.15, -0.1) is 22.7 Å². The molecule has 0 radical (unpaired) electrons. The van der Waals surface area contributed by atoms with Gasteiger partial charge in [0.25, 0.3) is 0 Å². The van der Waals surface area contributed by atoms with E-state index >= 15 is 0 Å². The fourth-order valence-corrected chi connectivity index (χ4v) is 5.18. The van der Waals surface area contributed by atoms with Gasteiger partial charge in [0.1, 0.15) is 15.8 Å². The second-order valence-electron chi connectivity index (χ2n) is 6.45. The van der Waals surface area contributed by atoms with E-state index in [1.165, 1.54) is 6.07 Å². The lowest BCUT2D eigenvalue weighted by Crippen LogP contribution is -2.03. The van der Waals surface area contributed by atoms with E-state index in [1.807, 2.05) is 54.6 Å². The second kappa shape index (κ2) is 7.93. The molecule has 0 fully saturated rings. The highest BCUT2D eigenvalue weighted by molar-refractivity contribution is 7.22.